The summed E-state index contributed by atoms with van der Waals surface area (Å²) in [5.41, 5.74) is 0.960. The van der Waals surface area contributed by atoms with E-state index in [1.807, 2.05) is 30.3 Å². The second-order valence-electron chi connectivity index (χ2n) is 5.92. The van der Waals surface area contributed by atoms with E-state index in [2.05, 4.69) is 10.3 Å². The van der Waals surface area contributed by atoms with Crippen LogP contribution in [-0.2, 0) is 9.53 Å². The van der Waals surface area contributed by atoms with Crippen LogP contribution in [-0.4, -0.2) is 27.2 Å². The van der Waals surface area contributed by atoms with Crippen LogP contribution in [0.2, 0.25) is 0 Å². The second-order valence-corrected chi connectivity index (χ2v) is 5.92. The van der Waals surface area contributed by atoms with Crippen molar-refractivity contribution >= 4 is 12.3 Å². The molecule has 0 aliphatic heterocycles. The average molecular weight is 343 g/mol. The van der Waals surface area contributed by atoms with Gasteiger partial charge < -0.3 is 4.74 Å². The van der Waals surface area contributed by atoms with Gasteiger partial charge in [-0.05, 0) is 31.7 Å². The van der Waals surface area contributed by atoms with Gasteiger partial charge in [0.1, 0.15) is 12.0 Å². The molecule has 0 spiro atoms. The molecule has 1 aromatic carbocycles. The molecule has 0 N–H and O–H groups in total. The molecular weight excluding hydrogens is 325 g/mol. The van der Waals surface area contributed by atoms with Crippen molar-refractivity contribution < 1.29 is 18.7 Å². The highest BCUT2D eigenvalue weighted by atomic mass is 19.1. The topological polar surface area (TPSA) is 74.1 Å². The number of nitrogens with zero attached hydrogens (tertiary/aromatic N) is 3. The number of aldehydes is 1. The number of rotatable bonds is 5. The summed E-state index contributed by atoms with van der Waals surface area (Å²) < 4.78 is 20.6. The summed E-state index contributed by atoms with van der Waals surface area (Å²) in [7, 11) is 0. The van der Waals surface area contributed by atoms with Crippen LogP contribution in [0.15, 0.2) is 41.7 Å². The molecule has 0 radical (unpaired) electrons. The summed E-state index contributed by atoms with van der Waals surface area (Å²) in [6.07, 6.45) is 3.43. The Labute approximate surface area is 144 Å². The smallest absolute Gasteiger partial charge is 0.366 e. The van der Waals surface area contributed by atoms with E-state index < -0.39 is 18.0 Å². The van der Waals surface area contributed by atoms with Gasteiger partial charge in [-0.15, -0.1) is 0 Å². The van der Waals surface area contributed by atoms with E-state index in [0.29, 0.717) is 30.5 Å². The van der Waals surface area contributed by atoms with Crippen LogP contribution in [0.5, 0.6) is 0 Å². The molecule has 130 valence electrons. The van der Waals surface area contributed by atoms with E-state index in [1.54, 1.807) is 6.92 Å². The Morgan fingerprint density at radius 1 is 1.28 bits per heavy atom. The minimum Gasteiger partial charge on any atom is -0.426 e. The molecule has 0 saturated carbocycles. The first kappa shape index (κ1) is 17.0. The summed E-state index contributed by atoms with van der Waals surface area (Å²) in [5, 5.41) is 7.13. The van der Waals surface area contributed by atoms with Crippen molar-refractivity contribution in [3.05, 3.63) is 58.9 Å². The number of aromatic nitrogens is 3. The number of esters is 1. The lowest BCUT2D eigenvalue weighted by atomic mass is 9.99. The lowest BCUT2D eigenvalue weighted by Gasteiger charge is -2.18. The largest absolute Gasteiger partial charge is 0.426 e. The van der Waals surface area contributed by atoms with Gasteiger partial charge in [0.05, 0.1) is 6.04 Å². The Morgan fingerprint density at radius 2 is 2.00 bits per heavy atom. The SMILES string of the molecule is C[C@H](c1ccccc1)n1nnc(F)c1C(=O)OC1=C(C=O)CCCC1. The molecule has 7 heteroatoms. The molecular formula is C18H18FN3O3. The quantitative estimate of drug-likeness (QED) is 0.616. The van der Waals surface area contributed by atoms with E-state index in [-0.39, 0.29) is 5.69 Å². The predicted molar refractivity (Wildman–Crippen MR) is 87.2 cm³/mol. The third-order valence-corrected chi connectivity index (χ3v) is 4.31. The van der Waals surface area contributed by atoms with Gasteiger partial charge in [0, 0.05) is 12.0 Å². The minimum absolute atomic E-state index is 0.311. The van der Waals surface area contributed by atoms with Gasteiger partial charge in [-0.3, -0.25) is 4.79 Å². The van der Waals surface area contributed by atoms with Crippen molar-refractivity contribution in [1.29, 1.82) is 0 Å². The van der Waals surface area contributed by atoms with Gasteiger partial charge in [0.25, 0.3) is 5.95 Å². The molecule has 0 fully saturated rings. The van der Waals surface area contributed by atoms with Crippen molar-refractivity contribution in [2.45, 2.75) is 38.6 Å². The molecule has 1 aliphatic carbocycles. The van der Waals surface area contributed by atoms with Crippen molar-refractivity contribution in [2.75, 3.05) is 0 Å². The Kier molecular flexibility index (Phi) is 5.02. The van der Waals surface area contributed by atoms with Gasteiger partial charge >= 0.3 is 5.97 Å². The fourth-order valence-corrected chi connectivity index (χ4v) is 2.90. The van der Waals surface area contributed by atoms with Crippen LogP contribution in [0.1, 0.15) is 54.7 Å². The maximum atomic E-state index is 14.1. The number of benzene rings is 1. The highest BCUT2D eigenvalue weighted by Gasteiger charge is 2.28. The van der Waals surface area contributed by atoms with Crippen molar-refractivity contribution in [2.24, 2.45) is 0 Å². The Balaban J connectivity index is 1.90. The molecule has 1 aliphatic rings. The standard InChI is InChI=1S/C18H18FN3O3/c1-12(13-7-3-2-4-8-13)22-16(17(19)20-21-22)18(24)25-15-10-6-5-9-14(15)11-23/h2-4,7-8,11-12H,5-6,9-10H2,1H3/t12-/m1/s1. The lowest BCUT2D eigenvalue weighted by Crippen LogP contribution is -2.19. The third-order valence-electron chi connectivity index (χ3n) is 4.31. The second kappa shape index (κ2) is 7.38. The first-order valence-corrected chi connectivity index (χ1v) is 8.16. The summed E-state index contributed by atoms with van der Waals surface area (Å²) in [5.74, 6) is -1.57. The molecule has 0 saturated heterocycles. The number of ether oxygens (including phenoxy) is 1. The Bertz CT molecular complexity index is 814. The van der Waals surface area contributed by atoms with Crippen LogP contribution in [0.4, 0.5) is 4.39 Å². The first-order valence-electron chi connectivity index (χ1n) is 8.16. The van der Waals surface area contributed by atoms with Gasteiger partial charge in [-0.2, -0.15) is 4.39 Å². The van der Waals surface area contributed by atoms with E-state index >= 15 is 0 Å². The number of carbonyl (C=O) groups excluding carboxylic acids is 2. The maximum Gasteiger partial charge on any atom is 0.366 e. The monoisotopic (exact) mass is 343 g/mol. The lowest BCUT2D eigenvalue weighted by molar-refractivity contribution is -0.105. The number of halogens is 1. The molecule has 2 aromatic rings. The van der Waals surface area contributed by atoms with Crippen LogP contribution >= 0.6 is 0 Å². The van der Waals surface area contributed by atoms with Crippen LogP contribution < -0.4 is 0 Å². The maximum absolute atomic E-state index is 14.1. The molecule has 25 heavy (non-hydrogen) atoms. The fraction of sp³-hybridized carbons (Fsp3) is 0.333. The highest BCUT2D eigenvalue weighted by molar-refractivity contribution is 5.89. The van der Waals surface area contributed by atoms with Crippen LogP contribution in [0, 0.1) is 5.95 Å². The molecule has 0 amide bonds. The Morgan fingerprint density at radius 3 is 2.72 bits per heavy atom. The predicted octanol–water partition coefficient (Wildman–Crippen LogP) is 3.21. The normalized spacial score (nSPS) is 15.8. The minimum atomic E-state index is -0.989. The van der Waals surface area contributed by atoms with Crippen molar-refractivity contribution in [3.8, 4) is 0 Å². The molecule has 6 nitrogen and oxygen atoms in total. The summed E-state index contributed by atoms with van der Waals surface area (Å²) in [4.78, 5) is 23.6. The van der Waals surface area contributed by atoms with Gasteiger partial charge in [-0.1, -0.05) is 40.6 Å². The molecule has 1 heterocycles. The molecule has 1 atom stereocenters. The van der Waals surface area contributed by atoms with E-state index in [9.17, 15) is 14.0 Å². The van der Waals surface area contributed by atoms with E-state index in [1.165, 1.54) is 4.68 Å². The highest BCUT2D eigenvalue weighted by Crippen LogP contribution is 2.26. The first-order chi connectivity index (χ1) is 12.1. The summed E-state index contributed by atoms with van der Waals surface area (Å²) in [6.45, 7) is 1.79. The molecule has 0 bridgehead atoms. The zero-order chi connectivity index (χ0) is 17.8. The summed E-state index contributed by atoms with van der Waals surface area (Å²) in [6, 6.07) is 8.87. The van der Waals surface area contributed by atoms with Crippen molar-refractivity contribution in [3.63, 3.8) is 0 Å². The molecule has 0 unspecified atom stereocenters. The number of hydrogen-bond donors (Lipinski definition) is 0. The number of allylic oxidation sites excluding steroid dienone is 2. The van der Waals surface area contributed by atoms with E-state index in [0.717, 1.165) is 18.4 Å². The van der Waals surface area contributed by atoms with Gasteiger partial charge in [-0.25, -0.2) is 9.48 Å². The van der Waals surface area contributed by atoms with Gasteiger partial charge in [0.15, 0.2) is 0 Å². The number of hydrogen-bond acceptors (Lipinski definition) is 5. The van der Waals surface area contributed by atoms with Crippen LogP contribution in [0.3, 0.4) is 0 Å². The molecule has 1 aromatic heterocycles. The zero-order valence-corrected chi connectivity index (χ0v) is 13.8. The molecule has 3 rings (SSSR count). The van der Waals surface area contributed by atoms with Crippen LogP contribution in [0.25, 0.3) is 0 Å². The van der Waals surface area contributed by atoms with E-state index in [4.69, 9.17) is 4.74 Å². The van der Waals surface area contributed by atoms with Crippen molar-refractivity contribution in [1.82, 2.24) is 15.0 Å². The third kappa shape index (κ3) is 3.50. The Hall–Kier alpha value is -2.83. The number of carbonyl (C=O) groups is 2. The summed E-state index contributed by atoms with van der Waals surface area (Å²) >= 11 is 0. The fourth-order valence-electron chi connectivity index (χ4n) is 2.90. The van der Waals surface area contributed by atoms with Gasteiger partial charge in [0.2, 0.25) is 5.69 Å². The zero-order valence-electron chi connectivity index (χ0n) is 13.8. The average Bonchev–Trinajstić information content (AvgIpc) is 3.04.